The maximum Gasteiger partial charge on any atom is 0.129 e. The second kappa shape index (κ2) is 4.96. The van der Waals surface area contributed by atoms with Gasteiger partial charge in [-0.05, 0) is 12.1 Å². The van der Waals surface area contributed by atoms with Crippen LogP contribution in [0.1, 0.15) is 31.2 Å². The van der Waals surface area contributed by atoms with Crippen LogP contribution in [-0.4, -0.2) is 14.5 Å². The van der Waals surface area contributed by atoms with Gasteiger partial charge in [-0.15, -0.1) is 0 Å². The Morgan fingerprint density at radius 3 is 2.85 bits per heavy atom. The highest BCUT2D eigenvalue weighted by Crippen LogP contribution is 2.21. The number of pyridine rings is 1. The Morgan fingerprint density at radius 2 is 2.05 bits per heavy atom. The number of hydrogen-bond acceptors (Lipinski definition) is 3. The summed E-state index contributed by atoms with van der Waals surface area (Å²) < 4.78 is 2.13. The lowest BCUT2D eigenvalue weighted by Gasteiger charge is -2.12. The Hall–Kier alpha value is -2.36. The predicted molar refractivity (Wildman–Crippen MR) is 81.6 cm³/mol. The molecule has 0 aliphatic rings. The zero-order valence-electron chi connectivity index (χ0n) is 11.7. The fraction of sp³-hybridized carbons (Fsp3) is 0.250. The zero-order valence-corrected chi connectivity index (χ0v) is 11.7. The molecule has 102 valence electrons. The third-order valence-electron chi connectivity index (χ3n) is 3.44. The molecule has 0 aliphatic carbocycles. The first-order chi connectivity index (χ1) is 9.65. The Morgan fingerprint density at radius 1 is 1.25 bits per heavy atom. The molecule has 0 bridgehead atoms. The quantitative estimate of drug-likeness (QED) is 0.792. The molecule has 0 unspecified atom stereocenters. The standard InChI is InChI=1S/C16H18N4/c1-11(2)16-18-7-8-20(16)10-13-9-12-5-3-4-6-14(12)19-15(13)17/h3-9,11H,10H2,1-2H3,(H2,17,19). The predicted octanol–water partition coefficient (Wildman–Crippen LogP) is 3.19. The zero-order chi connectivity index (χ0) is 14.1. The molecule has 0 saturated heterocycles. The van der Waals surface area contributed by atoms with E-state index in [1.807, 2.05) is 30.6 Å². The molecule has 2 heterocycles. The van der Waals surface area contributed by atoms with E-state index >= 15 is 0 Å². The van der Waals surface area contributed by atoms with Crippen LogP contribution in [0.15, 0.2) is 42.7 Å². The van der Waals surface area contributed by atoms with Gasteiger partial charge in [0.15, 0.2) is 0 Å². The van der Waals surface area contributed by atoms with Gasteiger partial charge < -0.3 is 10.3 Å². The number of rotatable bonds is 3. The molecule has 2 aromatic heterocycles. The maximum atomic E-state index is 6.08. The van der Waals surface area contributed by atoms with Crippen molar-refractivity contribution in [3.8, 4) is 0 Å². The highest BCUT2D eigenvalue weighted by molar-refractivity contribution is 5.81. The average molecular weight is 266 g/mol. The Bertz CT molecular complexity index is 743. The number of nitrogen functional groups attached to an aromatic ring is 1. The van der Waals surface area contributed by atoms with Gasteiger partial charge >= 0.3 is 0 Å². The van der Waals surface area contributed by atoms with Gasteiger partial charge in [0.05, 0.1) is 12.1 Å². The molecular formula is C16H18N4. The summed E-state index contributed by atoms with van der Waals surface area (Å²) in [6.07, 6.45) is 3.82. The SMILES string of the molecule is CC(C)c1nccn1Cc1cc2ccccc2nc1N. The summed E-state index contributed by atoms with van der Waals surface area (Å²) in [6, 6.07) is 10.1. The van der Waals surface area contributed by atoms with Crippen LogP contribution in [0.25, 0.3) is 10.9 Å². The van der Waals surface area contributed by atoms with Crippen LogP contribution in [-0.2, 0) is 6.54 Å². The van der Waals surface area contributed by atoms with Gasteiger partial charge in [-0.25, -0.2) is 9.97 Å². The summed E-state index contributed by atoms with van der Waals surface area (Å²) in [4.78, 5) is 8.88. The van der Waals surface area contributed by atoms with E-state index in [-0.39, 0.29) is 0 Å². The summed E-state index contributed by atoms with van der Waals surface area (Å²) in [5.74, 6) is 2.05. The van der Waals surface area contributed by atoms with Gasteiger partial charge in [0, 0.05) is 29.3 Å². The normalized spacial score (nSPS) is 11.3. The fourth-order valence-corrected chi connectivity index (χ4v) is 2.44. The molecule has 0 aliphatic heterocycles. The van der Waals surface area contributed by atoms with Crippen molar-refractivity contribution in [1.82, 2.24) is 14.5 Å². The van der Waals surface area contributed by atoms with Gasteiger partial charge in [-0.1, -0.05) is 32.0 Å². The number of hydrogen-bond donors (Lipinski definition) is 1. The molecule has 1 aromatic carbocycles. The lowest BCUT2D eigenvalue weighted by molar-refractivity contribution is 0.670. The van der Waals surface area contributed by atoms with E-state index in [0.717, 1.165) is 22.3 Å². The number of nitrogens with two attached hydrogens (primary N) is 1. The molecule has 3 rings (SSSR count). The third kappa shape index (κ3) is 2.25. The molecule has 0 spiro atoms. The number of imidazole rings is 1. The van der Waals surface area contributed by atoms with Crippen molar-refractivity contribution >= 4 is 16.7 Å². The first-order valence-corrected chi connectivity index (χ1v) is 6.80. The Balaban J connectivity index is 2.02. The molecule has 2 N–H and O–H groups in total. The van der Waals surface area contributed by atoms with Crippen LogP contribution in [0, 0.1) is 0 Å². The molecular weight excluding hydrogens is 248 g/mol. The minimum Gasteiger partial charge on any atom is -0.383 e. The van der Waals surface area contributed by atoms with Crippen molar-refractivity contribution < 1.29 is 0 Å². The minimum absolute atomic E-state index is 0.389. The van der Waals surface area contributed by atoms with Crippen LogP contribution in [0.4, 0.5) is 5.82 Å². The summed E-state index contributed by atoms with van der Waals surface area (Å²) in [5, 5.41) is 1.11. The van der Waals surface area contributed by atoms with E-state index in [2.05, 4.69) is 40.5 Å². The number of para-hydroxylation sites is 1. The van der Waals surface area contributed by atoms with Crippen molar-refractivity contribution in [1.29, 1.82) is 0 Å². The average Bonchev–Trinajstić information content (AvgIpc) is 2.88. The van der Waals surface area contributed by atoms with Crippen LogP contribution in [0.5, 0.6) is 0 Å². The Kier molecular flexibility index (Phi) is 3.14. The number of aromatic nitrogens is 3. The van der Waals surface area contributed by atoms with Gasteiger partial charge in [0.2, 0.25) is 0 Å². The van der Waals surface area contributed by atoms with E-state index in [1.165, 1.54) is 0 Å². The molecule has 0 fully saturated rings. The van der Waals surface area contributed by atoms with Gasteiger partial charge in [-0.3, -0.25) is 0 Å². The van der Waals surface area contributed by atoms with Crippen molar-refractivity contribution in [3.63, 3.8) is 0 Å². The Labute approximate surface area is 118 Å². The molecule has 20 heavy (non-hydrogen) atoms. The van der Waals surface area contributed by atoms with E-state index in [4.69, 9.17) is 5.73 Å². The molecule has 4 nitrogen and oxygen atoms in total. The smallest absolute Gasteiger partial charge is 0.129 e. The van der Waals surface area contributed by atoms with Crippen molar-refractivity contribution in [3.05, 3.63) is 54.1 Å². The van der Waals surface area contributed by atoms with Crippen LogP contribution >= 0.6 is 0 Å². The number of benzene rings is 1. The van der Waals surface area contributed by atoms with Crippen LogP contribution < -0.4 is 5.73 Å². The third-order valence-corrected chi connectivity index (χ3v) is 3.44. The van der Waals surface area contributed by atoms with Gasteiger partial charge in [0.1, 0.15) is 11.6 Å². The van der Waals surface area contributed by atoms with Crippen molar-refractivity contribution in [2.24, 2.45) is 0 Å². The maximum absolute atomic E-state index is 6.08. The fourth-order valence-electron chi connectivity index (χ4n) is 2.44. The summed E-state index contributed by atoms with van der Waals surface area (Å²) in [6.45, 7) is 4.98. The molecule has 0 saturated carbocycles. The van der Waals surface area contributed by atoms with Crippen molar-refractivity contribution in [2.45, 2.75) is 26.3 Å². The van der Waals surface area contributed by atoms with Gasteiger partial charge in [0.25, 0.3) is 0 Å². The highest BCUT2D eigenvalue weighted by Gasteiger charge is 2.10. The highest BCUT2D eigenvalue weighted by atomic mass is 15.1. The van der Waals surface area contributed by atoms with E-state index < -0.39 is 0 Å². The number of anilines is 1. The summed E-state index contributed by atoms with van der Waals surface area (Å²) in [5.41, 5.74) is 8.05. The minimum atomic E-state index is 0.389. The summed E-state index contributed by atoms with van der Waals surface area (Å²) in [7, 11) is 0. The van der Waals surface area contributed by atoms with E-state index in [1.54, 1.807) is 0 Å². The van der Waals surface area contributed by atoms with Crippen LogP contribution in [0.2, 0.25) is 0 Å². The first kappa shape index (κ1) is 12.7. The molecule has 4 heteroatoms. The first-order valence-electron chi connectivity index (χ1n) is 6.80. The number of fused-ring (bicyclic) bond motifs is 1. The molecule has 3 aromatic rings. The second-order valence-electron chi connectivity index (χ2n) is 5.29. The topological polar surface area (TPSA) is 56.7 Å². The largest absolute Gasteiger partial charge is 0.383 e. The van der Waals surface area contributed by atoms with E-state index in [0.29, 0.717) is 18.3 Å². The van der Waals surface area contributed by atoms with Crippen LogP contribution in [0.3, 0.4) is 0 Å². The molecule has 0 radical (unpaired) electrons. The summed E-state index contributed by atoms with van der Waals surface area (Å²) >= 11 is 0. The lowest BCUT2D eigenvalue weighted by atomic mass is 10.1. The van der Waals surface area contributed by atoms with E-state index in [9.17, 15) is 0 Å². The number of nitrogens with zero attached hydrogens (tertiary/aromatic N) is 3. The monoisotopic (exact) mass is 266 g/mol. The molecule has 0 amide bonds. The lowest BCUT2D eigenvalue weighted by Crippen LogP contribution is -2.08. The van der Waals surface area contributed by atoms with Gasteiger partial charge in [-0.2, -0.15) is 0 Å². The van der Waals surface area contributed by atoms with Crippen molar-refractivity contribution in [2.75, 3.05) is 5.73 Å². The molecule has 0 atom stereocenters. The second-order valence-corrected chi connectivity index (χ2v) is 5.29.